The van der Waals surface area contributed by atoms with E-state index >= 15 is 0 Å². The Hall–Kier alpha value is -2.24. The van der Waals surface area contributed by atoms with Crippen molar-refractivity contribution in [1.29, 1.82) is 0 Å². The normalized spacial score (nSPS) is 23.3. The summed E-state index contributed by atoms with van der Waals surface area (Å²) in [5, 5.41) is 0. The Kier molecular flexibility index (Phi) is 5.21. The molecule has 0 radical (unpaired) electrons. The molecule has 152 valence electrons. The molecule has 6 nitrogen and oxygen atoms in total. The highest BCUT2D eigenvalue weighted by molar-refractivity contribution is 5.77. The maximum absolute atomic E-state index is 12.7. The summed E-state index contributed by atoms with van der Waals surface area (Å²) in [6.45, 7) is 3.23. The monoisotopic (exact) mass is 385 g/mol. The minimum Gasteiger partial charge on any atom is -0.487 e. The molecule has 2 fully saturated rings. The fourth-order valence-corrected chi connectivity index (χ4v) is 4.84. The SMILES string of the molecule is CN(C)C(=O)C[C@H]1CC2(CCN(C(=O)N3CCCC3)CC2)Oc2ccccc21. The Bertz CT molecular complexity index is 734. The lowest BCUT2D eigenvalue weighted by atomic mass is 9.76. The van der Waals surface area contributed by atoms with Gasteiger partial charge in [0.15, 0.2) is 0 Å². The number of hydrogen-bond donors (Lipinski definition) is 0. The molecule has 0 saturated carbocycles. The number of amides is 3. The molecule has 4 rings (SSSR count). The summed E-state index contributed by atoms with van der Waals surface area (Å²) >= 11 is 0. The van der Waals surface area contributed by atoms with Gasteiger partial charge in [-0.2, -0.15) is 0 Å². The molecule has 3 aliphatic heterocycles. The molecule has 1 spiro atoms. The Morgan fingerprint density at radius 3 is 2.39 bits per heavy atom. The summed E-state index contributed by atoms with van der Waals surface area (Å²) in [4.78, 5) is 30.8. The Labute approximate surface area is 167 Å². The predicted octanol–water partition coefficient (Wildman–Crippen LogP) is 3.08. The second kappa shape index (κ2) is 7.64. The first-order chi connectivity index (χ1) is 13.5. The largest absolute Gasteiger partial charge is 0.487 e. The van der Waals surface area contributed by atoms with Crippen LogP contribution in [0.25, 0.3) is 0 Å². The van der Waals surface area contributed by atoms with E-state index in [1.165, 1.54) is 0 Å². The Morgan fingerprint density at radius 2 is 1.71 bits per heavy atom. The summed E-state index contributed by atoms with van der Waals surface area (Å²) in [7, 11) is 3.62. The molecule has 28 heavy (non-hydrogen) atoms. The molecule has 0 aliphatic carbocycles. The van der Waals surface area contributed by atoms with Crippen LogP contribution in [0, 0.1) is 0 Å². The number of nitrogens with zero attached hydrogens (tertiary/aromatic N) is 3. The molecule has 0 N–H and O–H groups in total. The first-order valence-corrected chi connectivity index (χ1v) is 10.5. The van der Waals surface area contributed by atoms with Crippen molar-refractivity contribution in [3.05, 3.63) is 29.8 Å². The van der Waals surface area contributed by atoms with Crippen LogP contribution in [0.15, 0.2) is 24.3 Å². The second-order valence-electron chi connectivity index (χ2n) is 8.68. The number of carbonyl (C=O) groups is 2. The smallest absolute Gasteiger partial charge is 0.320 e. The first-order valence-electron chi connectivity index (χ1n) is 10.5. The number of carbonyl (C=O) groups excluding carboxylic acids is 2. The van der Waals surface area contributed by atoms with E-state index in [-0.39, 0.29) is 23.5 Å². The van der Waals surface area contributed by atoms with E-state index in [9.17, 15) is 9.59 Å². The van der Waals surface area contributed by atoms with Gasteiger partial charge in [0.05, 0.1) is 0 Å². The third-order valence-electron chi connectivity index (χ3n) is 6.55. The van der Waals surface area contributed by atoms with Gasteiger partial charge in [-0.25, -0.2) is 4.79 Å². The number of urea groups is 1. The molecule has 1 atom stereocenters. The van der Waals surface area contributed by atoms with Gasteiger partial charge in [0.1, 0.15) is 11.4 Å². The highest BCUT2D eigenvalue weighted by atomic mass is 16.5. The van der Waals surface area contributed by atoms with Crippen LogP contribution in [-0.4, -0.2) is 72.5 Å². The number of piperidine rings is 1. The van der Waals surface area contributed by atoms with E-state index in [4.69, 9.17) is 4.74 Å². The van der Waals surface area contributed by atoms with Gasteiger partial charge in [-0.1, -0.05) is 18.2 Å². The number of rotatable bonds is 2. The maximum atomic E-state index is 12.7. The van der Waals surface area contributed by atoms with Crippen molar-refractivity contribution in [2.75, 3.05) is 40.3 Å². The highest BCUT2D eigenvalue weighted by Crippen LogP contribution is 2.46. The zero-order chi connectivity index (χ0) is 19.7. The fraction of sp³-hybridized carbons (Fsp3) is 0.636. The third kappa shape index (κ3) is 3.69. The molecule has 3 heterocycles. The van der Waals surface area contributed by atoms with Crippen LogP contribution in [0.4, 0.5) is 4.79 Å². The lowest BCUT2D eigenvalue weighted by Crippen LogP contribution is -2.54. The van der Waals surface area contributed by atoms with Crippen molar-refractivity contribution < 1.29 is 14.3 Å². The molecule has 1 aromatic carbocycles. The van der Waals surface area contributed by atoms with E-state index in [0.29, 0.717) is 6.42 Å². The zero-order valence-electron chi connectivity index (χ0n) is 17.0. The van der Waals surface area contributed by atoms with Gasteiger partial charge in [-0.3, -0.25) is 4.79 Å². The summed E-state index contributed by atoms with van der Waals surface area (Å²) in [5.74, 6) is 1.23. The van der Waals surface area contributed by atoms with Crippen LogP contribution < -0.4 is 4.74 Å². The predicted molar refractivity (Wildman–Crippen MR) is 107 cm³/mol. The lowest BCUT2D eigenvalue weighted by molar-refractivity contribution is -0.129. The van der Waals surface area contributed by atoms with Crippen molar-refractivity contribution in [2.45, 2.75) is 50.0 Å². The average molecular weight is 386 g/mol. The van der Waals surface area contributed by atoms with Gasteiger partial charge in [0.25, 0.3) is 0 Å². The van der Waals surface area contributed by atoms with E-state index in [0.717, 1.165) is 69.6 Å². The number of ether oxygens (including phenoxy) is 1. The van der Waals surface area contributed by atoms with Gasteiger partial charge in [0.2, 0.25) is 5.91 Å². The summed E-state index contributed by atoms with van der Waals surface area (Å²) in [6.07, 6.45) is 5.23. The van der Waals surface area contributed by atoms with E-state index in [1.54, 1.807) is 4.90 Å². The van der Waals surface area contributed by atoms with Crippen LogP contribution in [-0.2, 0) is 4.79 Å². The number of para-hydroxylation sites is 1. The molecule has 2 saturated heterocycles. The molecule has 0 bridgehead atoms. The Balaban J connectivity index is 1.48. The summed E-state index contributed by atoms with van der Waals surface area (Å²) < 4.78 is 6.51. The molecule has 1 aromatic rings. The quantitative estimate of drug-likeness (QED) is 0.786. The molecular formula is C22H31N3O3. The van der Waals surface area contributed by atoms with E-state index < -0.39 is 0 Å². The van der Waals surface area contributed by atoms with Gasteiger partial charge < -0.3 is 19.4 Å². The fourth-order valence-electron chi connectivity index (χ4n) is 4.84. The van der Waals surface area contributed by atoms with Gasteiger partial charge in [0, 0.05) is 65.5 Å². The van der Waals surface area contributed by atoms with Crippen LogP contribution in [0.5, 0.6) is 5.75 Å². The Morgan fingerprint density at radius 1 is 1.07 bits per heavy atom. The summed E-state index contributed by atoms with van der Waals surface area (Å²) in [5.41, 5.74) is 0.867. The van der Waals surface area contributed by atoms with Crippen molar-refractivity contribution in [3.8, 4) is 5.75 Å². The van der Waals surface area contributed by atoms with E-state index in [2.05, 4.69) is 6.07 Å². The molecular weight excluding hydrogens is 354 g/mol. The number of fused-ring (bicyclic) bond motifs is 1. The van der Waals surface area contributed by atoms with Gasteiger partial charge in [-0.05, 0) is 30.9 Å². The molecule has 0 unspecified atom stereocenters. The number of benzene rings is 1. The molecule has 3 amide bonds. The van der Waals surface area contributed by atoms with Crippen LogP contribution in [0.1, 0.15) is 50.0 Å². The standard InChI is InChI=1S/C22H31N3O3/c1-23(2)20(26)15-17-16-22(28-19-8-4-3-7-18(17)19)9-13-25(14-10-22)21(27)24-11-5-6-12-24/h3-4,7-8,17H,5-6,9-16H2,1-2H3/t17-/m0/s1. The second-order valence-corrected chi connectivity index (χ2v) is 8.68. The van der Waals surface area contributed by atoms with Gasteiger partial charge >= 0.3 is 6.03 Å². The van der Waals surface area contributed by atoms with Crippen molar-refractivity contribution in [2.24, 2.45) is 0 Å². The van der Waals surface area contributed by atoms with Crippen LogP contribution in [0.3, 0.4) is 0 Å². The zero-order valence-corrected chi connectivity index (χ0v) is 17.0. The first kappa shape index (κ1) is 19.1. The number of likely N-dealkylation sites (tertiary alicyclic amines) is 2. The van der Waals surface area contributed by atoms with Crippen molar-refractivity contribution in [1.82, 2.24) is 14.7 Å². The average Bonchev–Trinajstić information content (AvgIpc) is 3.23. The highest BCUT2D eigenvalue weighted by Gasteiger charge is 2.44. The topological polar surface area (TPSA) is 53.1 Å². The minimum atomic E-state index is -0.270. The molecule has 0 aromatic heterocycles. The van der Waals surface area contributed by atoms with Gasteiger partial charge in [-0.15, -0.1) is 0 Å². The third-order valence-corrected chi connectivity index (χ3v) is 6.55. The molecule has 6 heteroatoms. The van der Waals surface area contributed by atoms with E-state index in [1.807, 2.05) is 42.1 Å². The lowest BCUT2D eigenvalue weighted by Gasteiger charge is -2.47. The number of hydrogen-bond acceptors (Lipinski definition) is 3. The van der Waals surface area contributed by atoms with Crippen LogP contribution in [0.2, 0.25) is 0 Å². The minimum absolute atomic E-state index is 0.151. The summed E-state index contributed by atoms with van der Waals surface area (Å²) in [6, 6.07) is 8.30. The van der Waals surface area contributed by atoms with Crippen molar-refractivity contribution >= 4 is 11.9 Å². The van der Waals surface area contributed by atoms with Crippen LogP contribution >= 0.6 is 0 Å². The maximum Gasteiger partial charge on any atom is 0.320 e. The molecule has 3 aliphatic rings. The van der Waals surface area contributed by atoms with Crippen molar-refractivity contribution in [3.63, 3.8) is 0 Å².